The Kier molecular flexibility index (Phi) is 4.84. The first-order valence-electron chi connectivity index (χ1n) is 6.51. The second kappa shape index (κ2) is 6.39. The molecule has 3 heteroatoms. The van der Waals surface area contributed by atoms with E-state index in [9.17, 15) is 0 Å². The van der Waals surface area contributed by atoms with Crippen LogP contribution < -0.4 is 4.74 Å². The Morgan fingerprint density at radius 2 is 2.18 bits per heavy atom. The topological polar surface area (TPSA) is 22.1 Å². The van der Waals surface area contributed by atoms with Crippen molar-refractivity contribution in [3.8, 4) is 5.75 Å². The Bertz CT molecular complexity index is 356. The van der Waals surface area contributed by atoms with Crippen molar-refractivity contribution < 1.29 is 4.74 Å². The van der Waals surface area contributed by atoms with Gasteiger partial charge in [0.1, 0.15) is 5.75 Å². The van der Waals surface area contributed by atoms with E-state index in [1.54, 1.807) is 6.20 Å². The summed E-state index contributed by atoms with van der Waals surface area (Å²) in [6, 6.07) is 2.16. The van der Waals surface area contributed by atoms with Crippen molar-refractivity contribution in [2.75, 3.05) is 6.61 Å². The molecule has 1 aliphatic carbocycles. The molecule has 2 unspecified atom stereocenters. The SMILES string of the molecule is CCOc1cncc(C2CCCCC(Br)C2)c1. The molecule has 1 fully saturated rings. The van der Waals surface area contributed by atoms with Crippen molar-refractivity contribution in [2.24, 2.45) is 0 Å². The van der Waals surface area contributed by atoms with Gasteiger partial charge in [-0.25, -0.2) is 0 Å². The van der Waals surface area contributed by atoms with E-state index in [4.69, 9.17) is 4.74 Å². The highest BCUT2D eigenvalue weighted by Crippen LogP contribution is 2.35. The van der Waals surface area contributed by atoms with Crippen LogP contribution in [0, 0.1) is 0 Å². The third-order valence-corrected chi connectivity index (χ3v) is 4.21. The highest BCUT2D eigenvalue weighted by molar-refractivity contribution is 9.09. The van der Waals surface area contributed by atoms with Gasteiger partial charge < -0.3 is 4.74 Å². The van der Waals surface area contributed by atoms with Crippen LogP contribution in [-0.2, 0) is 0 Å². The zero-order valence-electron chi connectivity index (χ0n) is 10.4. The van der Waals surface area contributed by atoms with Crippen LogP contribution in [0.3, 0.4) is 0 Å². The average molecular weight is 298 g/mol. The fraction of sp³-hybridized carbons (Fsp3) is 0.643. The van der Waals surface area contributed by atoms with Crippen LogP contribution in [0.4, 0.5) is 0 Å². The quantitative estimate of drug-likeness (QED) is 0.613. The maximum Gasteiger partial charge on any atom is 0.137 e. The zero-order chi connectivity index (χ0) is 12.1. The number of pyridine rings is 1. The zero-order valence-corrected chi connectivity index (χ0v) is 11.9. The third kappa shape index (κ3) is 3.70. The number of hydrogen-bond acceptors (Lipinski definition) is 2. The van der Waals surface area contributed by atoms with Crippen LogP contribution in [0.1, 0.15) is 50.5 Å². The molecule has 2 rings (SSSR count). The Hall–Kier alpha value is -0.570. The maximum absolute atomic E-state index is 5.52. The van der Waals surface area contributed by atoms with Crippen LogP contribution in [-0.4, -0.2) is 16.4 Å². The van der Waals surface area contributed by atoms with Crippen molar-refractivity contribution >= 4 is 15.9 Å². The van der Waals surface area contributed by atoms with Gasteiger partial charge in [0.25, 0.3) is 0 Å². The number of nitrogens with zero attached hydrogens (tertiary/aromatic N) is 1. The van der Waals surface area contributed by atoms with Crippen LogP contribution in [0.5, 0.6) is 5.75 Å². The van der Waals surface area contributed by atoms with Gasteiger partial charge in [-0.05, 0) is 43.7 Å². The molecule has 0 amide bonds. The molecule has 1 aliphatic rings. The van der Waals surface area contributed by atoms with Crippen molar-refractivity contribution in [2.45, 2.75) is 49.8 Å². The van der Waals surface area contributed by atoms with Gasteiger partial charge in [-0.2, -0.15) is 0 Å². The average Bonchev–Trinajstić information content (AvgIpc) is 2.55. The van der Waals surface area contributed by atoms with Gasteiger partial charge in [-0.1, -0.05) is 28.8 Å². The fourth-order valence-corrected chi connectivity index (χ4v) is 3.28. The molecular weight excluding hydrogens is 278 g/mol. The van der Waals surface area contributed by atoms with Gasteiger partial charge >= 0.3 is 0 Å². The van der Waals surface area contributed by atoms with E-state index in [0.29, 0.717) is 17.4 Å². The fourth-order valence-electron chi connectivity index (χ4n) is 2.51. The predicted octanol–water partition coefficient (Wildman–Crippen LogP) is 4.29. The molecule has 0 saturated heterocycles. The van der Waals surface area contributed by atoms with Crippen LogP contribution >= 0.6 is 15.9 Å². The van der Waals surface area contributed by atoms with E-state index < -0.39 is 0 Å². The smallest absolute Gasteiger partial charge is 0.137 e. The van der Waals surface area contributed by atoms with Crippen LogP contribution in [0.25, 0.3) is 0 Å². The van der Waals surface area contributed by atoms with E-state index >= 15 is 0 Å². The van der Waals surface area contributed by atoms with Crippen LogP contribution in [0.2, 0.25) is 0 Å². The molecule has 1 aromatic heterocycles. The number of ether oxygens (including phenoxy) is 1. The minimum atomic E-state index is 0.634. The number of alkyl halides is 1. The number of halogens is 1. The molecule has 1 saturated carbocycles. The first-order valence-corrected chi connectivity index (χ1v) is 7.43. The Morgan fingerprint density at radius 1 is 1.35 bits per heavy atom. The van der Waals surface area contributed by atoms with Gasteiger partial charge in [0.15, 0.2) is 0 Å². The summed E-state index contributed by atoms with van der Waals surface area (Å²) in [4.78, 5) is 4.95. The highest BCUT2D eigenvalue weighted by atomic mass is 79.9. The van der Waals surface area contributed by atoms with E-state index in [-0.39, 0.29) is 0 Å². The predicted molar refractivity (Wildman–Crippen MR) is 73.9 cm³/mol. The molecule has 94 valence electrons. The third-order valence-electron chi connectivity index (χ3n) is 3.38. The largest absolute Gasteiger partial charge is 0.492 e. The molecule has 0 aromatic carbocycles. The first-order chi connectivity index (χ1) is 8.29. The molecular formula is C14H20BrNO. The second-order valence-electron chi connectivity index (χ2n) is 4.70. The maximum atomic E-state index is 5.52. The van der Waals surface area contributed by atoms with Gasteiger partial charge in [0.05, 0.1) is 12.8 Å². The summed E-state index contributed by atoms with van der Waals surface area (Å²) in [5.41, 5.74) is 1.34. The summed E-state index contributed by atoms with van der Waals surface area (Å²) in [5.74, 6) is 1.54. The minimum Gasteiger partial charge on any atom is -0.492 e. The van der Waals surface area contributed by atoms with Gasteiger partial charge in [0, 0.05) is 11.0 Å². The molecule has 17 heavy (non-hydrogen) atoms. The number of hydrogen-bond donors (Lipinski definition) is 0. The summed E-state index contributed by atoms with van der Waals surface area (Å²) in [5, 5.41) is 0. The molecule has 0 bridgehead atoms. The standard InChI is InChI=1S/C14H20BrNO/c1-2-17-14-8-12(9-16-10-14)11-5-3-4-6-13(15)7-11/h8-11,13H,2-7H2,1H3. The van der Waals surface area contributed by atoms with Crippen LogP contribution in [0.15, 0.2) is 18.5 Å². The Balaban J connectivity index is 2.11. The van der Waals surface area contributed by atoms with E-state index in [0.717, 1.165) is 5.75 Å². The molecule has 1 heterocycles. The summed E-state index contributed by atoms with van der Waals surface area (Å²) in [7, 11) is 0. The summed E-state index contributed by atoms with van der Waals surface area (Å²) < 4.78 is 5.52. The highest BCUT2D eigenvalue weighted by Gasteiger charge is 2.20. The summed E-state index contributed by atoms with van der Waals surface area (Å²) >= 11 is 3.77. The molecule has 0 spiro atoms. The molecule has 2 atom stereocenters. The van der Waals surface area contributed by atoms with Crippen molar-refractivity contribution in [3.63, 3.8) is 0 Å². The molecule has 2 nitrogen and oxygen atoms in total. The van der Waals surface area contributed by atoms with Crippen molar-refractivity contribution in [1.29, 1.82) is 0 Å². The lowest BCUT2D eigenvalue weighted by atomic mass is 9.93. The number of aromatic nitrogens is 1. The lowest BCUT2D eigenvalue weighted by molar-refractivity contribution is 0.338. The monoisotopic (exact) mass is 297 g/mol. The Labute approximate surface area is 112 Å². The van der Waals surface area contributed by atoms with E-state index in [1.165, 1.54) is 37.7 Å². The molecule has 0 aliphatic heterocycles. The van der Waals surface area contributed by atoms with E-state index in [2.05, 4.69) is 27.0 Å². The van der Waals surface area contributed by atoms with Crippen molar-refractivity contribution in [1.82, 2.24) is 4.98 Å². The Morgan fingerprint density at radius 3 is 3.00 bits per heavy atom. The summed E-state index contributed by atoms with van der Waals surface area (Å²) in [6.07, 6.45) is 10.3. The first kappa shape index (κ1) is 12.9. The second-order valence-corrected chi connectivity index (χ2v) is 6.00. The van der Waals surface area contributed by atoms with Gasteiger partial charge in [0.2, 0.25) is 0 Å². The molecule has 0 radical (unpaired) electrons. The lowest BCUT2D eigenvalue weighted by Crippen LogP contribution is -2.05. The normalized spacial score (nSPS) is 25.3. The summed E-state index contributed by atoms with van der Waals surface area (Å²) in [6.45, 7) is 2.71. The van der Waals surface area contributed by atoms with Gasteiger partial charge in [-0.15, -0.1) is 0 Å². The van der Waals surface area contributed by atoms with Crippen molar-refractivity contribution in [3.05, 3.63) is 24.0 Å². The number of rotatable bonds is 3. The molecule has 1 aromatic rings. The van der Waals surface area contributed by atoms with Gasteiger partial charge in [-0.3, -0.25) is 4.98 Å². The lowest BCUT2D eigenvalue weighted by Gasteiger charge is -2.17. The van der Waals surface area contributed by atoms with E-state index in [1.807, 2.05) is 13.1 Å². The minimum absolute atomic E-state index is 0.634. The molecule has 0 N–H and O–H groups in total.